The third-order valence-electron chi connectivity index (χ3n) is 4.19. The highest BCUT2D eigenvalue weighted by Crippen LogP contribution is 2.30. The Bertz CT molecular complexity index is 767. The number of anilines is 1. The van der Waals surface area contributed by atoms with Crippen LogP contribution in [0.15, 0.2) is 48.5 Å². The van der Waals surface area contributed by atoms with E-state index in [-0.39, 0.29) is 11.8 Å². The van der Waals surface area contributed by atoms with E-state index in [1.54, 1.807) is 31.4 Å². The number of hydrogen-bond acceptors (Lipinski definition) is 3. The van der Waals surface area contributed by atoms with Crippen molar-refractivity contribution in [1.29, 1.82) is 0 Å². The summed E-state index contributed by atoms with van der Waals surface area (Å²) < 4.78 is 5.18. The predicted octanol–water partition coefficient (Wildman–Crippen LogP) is 3.46. The first-order valence-electron chi connectivity index (χ1n) is 8.38. The van der Waals surface area contributed by atoms with E-state index >= 15 is 0 Å². The van der Waals surface area contributed by atoms with Crippen LogP contribution in [0, 0.1) is 0 Å². The minimum absolute atomic E-state index is 0.00878. The van der Waals surface area contributed by atoms with Gasteiger partial charge in [0, 0.05) is 30.8 Å². The fraction of sp³-hybridized carbons (Fsp3) is 0.300. The van der Waals surface area contributed by atoms with Crippen molar-refractivity contribution in [3.8, 4) is 5.75 Å². The van der Waals surface area contributed by atoms with E-state index in [1.807, 2.05) is 29.2 Å². The zero-order valence-electron chi connectivity index (χ0n) is 14.5. The summed E-state index contributed by atoms with van der Waals surface area (Å²) in [4.78, 5) is 26.1. The third-order valence-corrected chi connectivity index (χ3v) is 4.19. The molecule has 130 valence electrons. The Morgan fingerprint density at radius 3 is 2.48 bits per heavy atom. The van der Waals surface area contributed by atoms with Crippen LogP contribution < -0.4 is 10.1 Å². The van der Waals surface area contributed by atoms with Gasteiger partial charge in [0.2, 0.25) is 5.91 Å². The molecule has 1 fully saturated rings. The maximum Gasteiger partial charge on any atom is 0.254 e. The van der Waals surface area contributed by atoms with Crippen LogP contribution in [0.4, 0.5) is 5.69 Å². The smallest absolute Gasteiger partial charge is 0.254 e. The van der Waals surface area contributed by atoms with Crippen LogP contribution in [0.25, 0.3) is 0 Å². The summed E-state index contributed by atoms with van der Waals surface area (Å²) in [6, 6.07) is 15.2. The van der Waals surface area contributed by atoms with Gasteiger partial charge in [-0.15, -0.1) is 0 Å². The molecule has 1 aliphatic carbocycles. The van der Waals surface area contributed by atoms with Crippen molar-refractivity contribution in [2.45, 2.75) is 32.4 Å². The second-order valence-corrected chi connectivity index (χ2v) is 6.27. The molecule has 5 heteroatoms. The van der Waals surface area contributed by atoms with Gasteiger partial charge >= 0.3 is 0 Å². The molecule has 1 saturated carbocycles. The van der Waals surface area contributed by atoms with Crippen LogP contribution in [-0.4, -0.2) is 29.9 Å². The molecule has 25 heavy (non-hydrogen) atoms. The van der Waals surface area contributed by atoms with E-state index < -0.39 is 0 Å². The maximum atomic E-state index is 13.0. The van der Waals surface area contributed by atoms with Crippen LogP contribution in [-0.2, 0) is 11.3 Å². The molecule has 0 aromatic heterocycles. The number of rotatable bonds is 6. The van der Waals surface area contributed by atoms with Gasteiger partial charge in [0.05, 0.1) is 7.11 Å². The monoisotopic (exact) mass is 338 g/mol. The second kappa shape index (κ2) is 7.38. The number of nitrogens with zero attached hydrogens (tertiary/aromatic N) is 1. The third kappa shape index (κ3) is 4.38. The molecule has 0 spiro atoms. The Morgan fingerprint density at radius 2 is 1.88 bits per heavy atom. The fourth-order valence-electron chi connectivity index (χ4n) is 2.78. The maximum absolute atomic E-state index is 13.0. The molecule has 0 bridgehead atoms. The number of nitrogens with one attached hydrogen (secondary N) is 1. The molecule has 1 N–H and O–H groups in total. The zero-order valence-corrected chi connectivity index (χ0v) is 14.5. The lowest BCUT2D eigenvalue weighted by Gasteiger charge is -2.23. The van der Waals surface area contributed by atoms with Gasteiger partial charge in [0.15, 0.2) is 0 Å². The molecule has 1 aliphatic rings. The minimum Gasteiger partial charge on any atom is -0.497 e. The molecule has 0 unspecified atom stereocenters. The van der Waals surface area contributed by atoms with Gasteiger partial charge in [-0.3, -0.25) is 9.59 Å². The highest BCUT2D eigenvalue weighted by Gasteiger charge is 2.33. The summed E-state index contributed by atoms with van der Waals surface area (Å²) in [6.45, 7) is 2.02. The van der Waals surface area contributed by atoms with Crippen molar-refractivity contribution in [2.24, 2.45) is 0 Å². The number of carbonyl (C=O) groups is 2. The highest BCUT2D eigenvalue weighted by atomic mass is 16.5. The zero-order chi connectivity index (χ0) is 17.8. The van der Waals surface area contributed by atoms with E-state index in [9.17, 15) is 9.59 Å². The molecule has 0 heterocycles. The Morgan fingerprint density at radius 1 is 1.16 bits per heavy atom. The van der Waals surface area contributed by atoms with Gasteiger partial charge in [-0.2, -0.15) is 0 Å². The molecule has 0 atom stereocenters. The summed E-state index contributed by atoms with van der Waals surface area (Å²) in [5.74, 6) is 0.642. The van der Waals surface area contributed by atoms with Crippen molar-refractivity contribution < 1.29 is 14.3 Å². The fourth-order valence-corrected chi connectivity index (χ4v) is 2.78. The van der Waals surface area contributed by atoms with E-state index in [1.165, 1.54) is 6.92 Å². The minimum atomic E-state index is -0.151. The van der Waals surface area contributed by atoms with Gasteiger partial charge in [0.25, 0.3) is 5.91 Å². The molecular formula is C20H22N2O3. The van der Waals surface area contributed by atoms with Crippen molar-refractivity contribution in [1.82, 2.24) is 4.90 Å². The van der Waals surface area contributed by atoms with E-state index in [2.05, 4.69) is 5.32 Å². The number of carbonyl (C=O) groups excluding carboxylic acids is 2. The van der Waals surface area contributed by atoms with Gasteiger partial charge in [0.1, 0.15) is 5.75 Å². The van der Waals surface area contributed by atoms with Gasteiger partial charge in [-0.1, -0.05) is 18.2 Å². The summed E-state index contributed by atoms with van der Waals surface area (Å²) in [6.07, 6.45) is 2.07. The van der Waals surface area contributed by atoms with Gasteiger partial charge in [-0.05, 0) is 48.7 Å². The molecular weight excluding hydrogens is 316 g/mol. The Balaban J connectivity index is 1.78. The number of hydrogen-bond donors (Lipinski definition) is 1. The first-order chi connectivity index (χ1) is 12.1. The molecule has 2 amide bonds. The normalized spacial score (nSPS) is 13.2. The quantitative estimate of drug-likeness (QED) is 0.877. The number of methoxy groups -OCH3 is 1. The van der Waals surface area contributed by atoms with Gasteiger partial charge in [-0.25, -0.2) is 0 Å². The average Bonchev–Trinajstić information content (AvgIpc) is 3.44. The van der Waals surface area contributed by atoms with Crippen LogP contribution in [0.1, 0.15) is 35.7 Å². The number of ether oxygens (including phenoxy) is 1. The number of amides is 2. The van der Waals surface area contributed by atoms with Crippen molar-refractivity contribution in [3.63, 3.8) is 0 Å². The van der Waals surface area contributed by atoms with Crippen molar-refractivity contribution in [2.75, 3.05) is 12.4 Å². The van der Waals surface area contributed by atoms with Crippen LogP contribution in [0.3, 0.4) is 0 Å². The second-order valence-electron chi connectivity index (χ2n) is 6.27. The average molecular weight is 338 g/mol. The summed E-state index contributed by atoms with van der Waals surface area (Å²) in [5.41, 5.74) is 2.30. The van der Waals surface area contributed by atoms with Gasteiger partial charge < -0.3 is 15.0 Å². The standard InChI is InChI=1S/C20H22N2O3/c1-14(23)21-17-5-3-4-16(12-17)20(24)22(18-8-9-18)13-15-6-10-19(25-2)11-7-15/h3-7,10-12,18H,8-9,13H2,1-2H3,(H,21,23). The van der Waals surface area contributed by atoms with E-state index in [4.69, 9.17) is 4.74 Å². The van der Waals surface area contributed by atoms with E-state index in [0.717, 1.165) is 24.2 Å². The molecule has 0 aliphatic heterocycles. The molecule has 2 aromatic rings. The van der Waals surface area contributed by atoms with Crippen molar-refractivity contribution in [3.05, 3.63) is 59.7 Å². The topological polar surface area (TPSA) is 58.6 Å². The molecule has 0 radical (unpaired) electrons. The summed E-state index contributed by atoms with van der Waals surface area (Å²) in [7, 11) is 1.64. The molecule has 0 saturated heterocycles. The Kier molecular flexibility index (Phi) is 5.03. The highest BCUT2D eigenvalue weighted by molar-refractivity contribution is 5.97. The summed E-state index contributed by atoms with van der Waals surface area (Å²) in [5, 5.41) is 2.72. The lowest BCUT2D eigenvalue weighted by atomic mass is 10.1. The van der Waals surface area contributed by atoms with Crippen LogP contribution in [0.5, 0.6) is 5.75 Å². The van der Waals surface area contributed by atoms with Crippen molar-refractivity contribution >= 4 is 17.5 Å². The molecule has 2 aromatic carbocycles. The first-order valence-corrected chi connectivity index (χ1v) is 8.38. The Hall–Kier alpha value is -2.82. The van der Waals surface area contributed by atoms with Crippen LogP contribution in [0.2, 0.25) is 0 Å². The Labute approximate surface area is 147 Å². The molecule has 5 nitrogen and oxygen atoms in total. The first kappa shape index (κ1) is 17.0. The van der Waals surface area contributed by atoms with E-state index in [0.29, 0.717) is 23.8 Å². The molecule has 3 rings (SSSR count). The predicted molar refractivity (Wildman–Crippen MR) is 96.6 cm³/mol. The number of benzene rings is 2. The lowest BCUT2D eigenvalue weighted by Crippen LogP contribution is -2.32. The SMILES string of the molecule is COc1ccc(CN(C(=O)c2cccc(NC(C)=O)c2)C2CC2)cc1. The van der Waals surface area contributed by atoms with Crippen LogP contribution >= 0.6 is 0 Å². The summed E-state index contributed by atoms with van der Waals surface area (Å²) >= 11 is 0. The largest absolute Gasteiger partial charge is 0.497 e. The lowest BCUT2D eigenvalue weighted by molar-refractivity contribution is -0.114.